The highest BCUT2D eigenvalue weighted by molar-refractivity contribution is 5.75. The molecule has 120 valence electrons. The molecule has 2 aliphatic carbocycles. The summed E-state index contributed by atoms with van der Waals surface area (Å²) in [6.45, 7) is 3.24. The summed E-state index contributed by atoms with van der Waals surface area (Å²) in [6, 6.07) is 0.357. The van der Waals surface area contributed by atoms with Crippen molar-refractivity contribution in [2.75, 3.05) is 13.1 Å². The van der Waals surface area contributed by atoms with Crippen LogP contribution in [0.3, 0.4) is 0 Å². The molecule has 21 heavy (non-hydrogen) atoms. The second-order valence-corrected chi connectivity index (χ2v) is 6.40. The summed E-state index contributed by atoms with van der Waals surface area (Å²) in [4.78, 5) is 25.6. The predicted octanol–water partition coefficient (Wildman–Crippen LogP) is 2.85. The second kappa shape index (κ2) is 7.66. The van der Waals surface area contributed by atoms with Crippen molar-refractivity contribution < 1.29 is 14.7 Å². The molecule has 5 heteroatoms. The summed E-state index contributed by atoms with van der Waals surface area (Å²) in [5.74, 6) is -0.916. The molecular weight excluding hydrogens is 268 g/mol. The van der Waals surface area contributed by atoms with Crippen molar-refractivity contribution in [1.82, 2.24) is 10.2 Å². The molecule has 2 aliphatic rings. The van der Waals surface area contributed by atoms with Gasteiger partial charge in [0, 0.05) is 19.1 Å². The SMILES string of the molecule is CCN(C(=O)NCC1CCCCC1C(=O)O)C1CCCC1. The fourth-order valence-corrected chi connectivity index (χ4v) is 3.88. The summed E-state index contributed by atoms with van der Waals surface area (Å²) in [7, 11) is 0. The van der Waals surface area contributed by atoms with Gasteiger partial charge in [0.2, 0.25) is 0 Å². The average molecular weight is 296 g/mol. The average Bonchev–Trinajstić information content (AvgIpc) is 3.00. The molecule has 2 N–H and O–H groups in total. The number of rotatable bonds is 5. The molecule has 5 nitrogen and oxygen atoms in total. The first kappa shape index (κ1) is 16.1. The van der Waals surface area contributed by atoms with Crippen molar-refractivity contribution in [3.8, 4) is 0 Å². The molecule has 0 spiro atoms. The predicted molar refractivity (Wildman–Crippen MR) is 81.1 cm³/mol. The van der Waals surface area contributed by atoms with Crippen LogP contribution < -0.4 is 5.32 Å². The van der Waals surface area contributed by atoms with Gasteiger partial charge in [0.25, 0.3) is 0 Å². The molecule has 2 unspecified atom stereocenters. The number of hydrogen-bond acceptors (Lipinski definition) is 2. The van der Waals surface area contributed by atoms with Crippen molar-refractivity contribution in [2.24, 2.45) is 11.8 Å². The highest BCUT2D eigenvalue weighted by Crippen LogP contribution is 2.30. The van der Waals surface area contributed by atoms with E-state index in [2.05, 4.69) is 5.32 Å². The minimum atomic E-state index is -0.711. The Kier molecular flexibility index (Phi) is 5.88. The highest BCUT2D eigenvalue weighted by atomic mass is 16.4. The monoisotopic (exact) mass is 296 g/mol. The summed E-state index contributed by atoms with van der Waals surface area (Å²) < 4.78 is 0. The molecule has 2 fully saturated rings. The molecule has 2 saturated carbocycles. The van der Waals surface area contributed by atoms with Crippen LogP contribution in [0.2, 0.25) is 0 Å². The number of carbonyl (C=O) groups is 2. The van der Waals surface area contributed by atoms with Crippen LogP contribution in [0.5, 0.6) is 0 Å². The first-order valence-corrected chi connectivity index (χ1v) is 8.40. The van der Waals surface area contributed by atoms with Gasteiger partial charge in [-0.15, -0.1) is 0 Å². The fraction of sp³-hybridized carbons (Fsp3) is 0.875. The third-order valence-corrected chi connectivity index (χ3v) is 5.11. The Morgan fingerprint density at radius 2 is 1.71 bits per heavy atom. The van der Waals surface area contributed by atoms with Crippen LogP contribution in [0.25, 0.3) is 0 Å². The fourth-order valence-electron chi connectivity index (χ4n) is 3.88. The van der Waals surface area contributed by atoms with Crippen molar-refractivity contribution >= 4 is 12.0 Å². The lowest BCUT2D eigenvalue weighted by Gasteiger charge is -2.31. The Balaban J connectivity index is 1.85. The molecule has 2 atom stereocenters. The van der Waals surface area contributed by atoms with E-state index in [0.717, 1.165) is 45.1 Å². The molecule has 0 heterocycles. The number of nitrogens with zero attached hydrogens (tertiary/aromatic N) is 1. The Hall–Kier alpha value is -1.26. The van der Waals surface area contributed by atoms with Crippen molar-refractivity contribution in [3.05, 3.63) is 0 Å². The van der Waals surface area contributed by atoms with Crippen LogP contribution in [0, 0.1) is 11.8 Å². The lowest BCUT2D eigenvalue weighted by molar-refractivity contribution is -0.144. The molecule has 0 aromatic rings. The Labute approximate surface area is 127 Å². The smallest absolute Gasteiger partial charge is 0.317 e. The summed E-state index contributed by atoms with van der Waals surface area (Å²) in [5, 5.41) is 12.3. The maximum Gasteiger partial charge on any atom is 0.317 e. The van der Waals surface area contributed by atoms with Crippen molar-refractivity contribution in [3.63, 3.8) is 0 Å². The zero-order valence-electron chi connectivity index (χ0n) is 13.0. The number of carboxylic acids is 1. The van der Waals surface area contributed by atoms with Gasteiger partial charge >= 0.3 is 12.0 Å². The van der Waals surface area contributed by atoms with E-state index < -0.39 is 5.97 Å². The van der Waals surface area contributed by atoms with E-state index in [1.165, 1.54) is 12.8 Å². The molecule has 0 bridgehead atoms. The van der Waals surface area contributed by atoms with Gasteiger partial charge in [0.15, 0.2) is 0 Å². The number of hydrogen-bond donors (Lipinski definition) is 2. The maximum absolute atomic E-state index is 12.3. The van der Waals surface area contributed by atoms with E-state index in [0.29, 0.717) is 12.6 Å². The highest BCUT2D eigenvalue weighted by Gasteiger charge is 2.32. The first-order valence-electron chi connectivity index (χ1n) is 8.40. The van der Waals surface area contributed by atoms with Crippen molar-refractivity contribution in [2.45, 2.75) is 64.3 Å². The second-order valence-electron chi connectivity index (χ2n) is 6.40. The molecule has 0 aliphatic heterocycles. The van der Waals surface area contributed by atoms with Crippen molar-refractivity contribution in [1.29, 1.82) is 0 Å². The molecule has 2 amide bonds. The van der Waals surface area contributed by atoms with E-state index in [1.807, 2.05) is 11.8 Å². The zero-order chi connectivity index (χ0) is 15.2. The van der Waals surface area contributed by atoms with Crippen LogP contribution in [0.15, 0.2) is 0 Å². The number of aliphatic carboxylic acids is 1. The summed E-state index contributed by atoms with van der Waals surface area (Å²) in [6.07, 6.45) is 8.33. The number of carbonyl (C=O) groups excluding carboxylic acids is 1. The standard InChI is InChI=1S/C16H28N2O3/c1-2-18(13-8-4-5-9-13)16(21)17-11-12-7-3-6-10-14(12)15(19)20/h12-14H,2-11H2,1H3,(H,17,21)(H,19,20). The third-order valence-electron chi connectivity index (χ3n) is 5.11. The number of carboxylic acid groups (broad SMARTS) is 1. The summed E-state index contributed by atoms with van der Waals surface area (Å²) >= 11 is 0. The summed E-state index contributed by atoms with van der Waals surface area (Å²) in [5.41, 5.74) is 0. The quantitative estimate of drug-likeness (QED) is 0.819. The molecule has 0 aromatic heterocycles. The van der Waals surface area contributed by atoms with Gasteiger partial charge in [-0.25, -0.2) is 4.79 Å². The molecular formula is C16H28N2O3. The lowest BCUT2D eigenvalue weighted by atomic mass is 9.79. The van der Waals surface area contributed by atoms with E-state index in [9.17, 15) is 14.7 Å². The van der Waals surface area contributed by atoms with Gasteiger partial charge < -0.3 is 15.3 Å². The van der Waals surface area contributed by atoms with Gasteiger partial charge in [0.05, 0.1) is 5.92 Å². The number of urea groups is 1. The largest absolute Gasteiger partial charge is 0.481 e. The Morgan fingerprint density at radius 3 is 2.33 bits per heavy atom. The molecule has 0 aromatic carbocycles. The third kappa shape index (κ3) is 4.11. The number of amides is 2. The molecule has 0 radical (unpaired) electrons. The van der Waals surface area contributed by atoms with Crippen LogP contribution >= 0.6 is 0 Å². The van der Waals surface area contributed by atoms with Gasteiger partial charge in [0.1, 0.15) is 0 Å². The minimum Gasteiger partial charge on any atom is -0.481 e. The van der Waals surface area contributed by atoms with E-state index in [1.54, 1.807) is 0 Å². The van der Waals surface area contributed by atoms with E-state index >= 15 is 0 Å². The van der Waals surface area contributed by atoms with Gasteiger partial charge in [-0.1, -0.05) is 25.7 Å². The molecule has 0 saturated heterocycles. The first-order chi connectivity index (χ1) is 10.1. The maximum atomic E-state index is 12.3. The van der Waals surface area contributed by atoms with E-state index in [-0.39, 0.29) is 17.9 Å². The number of nitrogens with one attached hydrogen (secondary N) is 1. The lowest BCUT2D eigenvalue weighted by Crippen LogP contribution is -2.47. The normalized spacial score (nSPS) is 26.5. The zero-order valence-corrected chi connectivity index (χ0v) is 13.0. The molecule has 2 rings (SSSR count). The Morgan fingerprint density at radius 1 is 1.10 bits per heavy atom. The van der Waals surface area contributed by atoms with Gasteiger partial charge in [-0.3, -0.25) is 4.79 Å². The van der Waals surface area contributed by atoms with Crippen LogP contribution in [-0.4, -0.2) is 41.1 Å². The Bertz CT molecular complexity index is 367. The topological polar surface area (TPSA) is 69.6 Å². The van der Waals surface area contributed by atoms with Gasteiger partial charge in [-0.05, 0) is 38.5 Å². The minimum absolute atomic E-state index is 0.0147. The van der Waals surface area contributed by atoms with Crippen LogP contribution in [0.4, 0.5) is 4.79 Å². The van der Waals surface area contributed by atoms with Gasteiger partial charge in [-0.2, -0.15) is 0 Å². The van der Waals surface area contributed by atoms with E-state index in [4.69, 9.17) is 0 Å². The van der Waals surface area contributed by atoms with Crippen LogP contribution in [0.1, 0.15) is 58.3 Å². The van der Waals surface area contributed by atoms with Crippen LogP contribution in [-0.2, 0) is 4.79 Å².